The highest BCUT2D eigenvalue weighted by atomic mass is 16.5. The summed E-state index contributed by atoms with van der Waals surface area (Å²) in [6.07, 6.45) is 0.880. The van der Waals surface area contributed by atoms with E-state index < -0.39 is 30.1 Å². The summed E-state index contributed by atoms with van der Waals surface area (Å²) in [6, 6.07) is 6.43. The summed E-state index contributed by atoms with van der Waals surface area (Å²) in [5.74, 6) is -1.31. The lowest BCUT2D eigenvalue weighted by atomic mass is 9.96. The predicted molar refractivity (Wildman–Crippen MR) is 97.0 cm³/mol. The standard InChI is InChI=1S/C19H23N3O5/c1-11-7-8-13-5-3-4-6-15(13)22(11)18(25)12(2)27-16(23)10-9-14-17(24)21-19(26)20-14/h3-6,11-12,14H,7-10H2,1-2H3,(H2,20,21,24,26)/t11-,12+,14+/m1/s1. The Morgan fingerprint density at radius 3 is 2.74 bits per heavy atom. The van der Waals surface area contributed by atoms with Gasteiger partial charge in [-0.05, 0) is 44.7 Å². The number of urea groups is 1. The van der Waals surface area contributed by atoms with Crippen LogP contribution in [0.3, 0.4) is 0 Å². The van der Waals surface area contributed by atoms with Gasteiger partial charge in [0.25, 0.3) is 11.8 Å². The van der Waals surface area contributed by atoms with Crippen molar-refractivity contribution in [2.24, 2.45) is 0 Å². The number of benzene rings is 1. The third kappa shape index (κ3) is 4.10. The molecule has 3 atom stereocenters. The van der Waals surface area contributed by atoms with Gasteiger partial charge >= 0.3 is 12.0 Å². The number of hydrogen-bond acceptors (Lipinski definition) is 5. The first-order valence-corrected chi connectivity index (χ1v) is 9.08. The van der Waals surface area contributed by atoms with Crippen molar-refractivity contribution < 1.29 is 23.9 Å². The van der Waals surface area contributed by atoms with Crippen LogP contribution in [-0.2, 0) is 25.5 Å². The second-order valence-corrected chi connectivity index (χ2v) is 6.91. The van der Waals surface area contributed by atoms with Crippen LogP contribution in [0.1, 0.15) is 38.7 Å². The minimum absolute atomic E-state index is 0.0194. The van der Waals surface area contributed by atoms with Crippen molar-refractivity contribution in [1.82, 2.24) is 10.6 Å². The van der Waals surface area contributed by atoms with Gasteiger partial charge in [0.1, 0.15) is 6.04 Å². The summed E-state index contributed by atoms with van der Waals surface area (Å²) >= 11 is 0. The first kappa shape index (κ1) is 18.9. The number of aryl methyl sites for hydroxylation is 1. The minimum Gasteiger partial charge on any atom is -0.453 e. The number of carbonyl (C=O) groups excluding carboxylic acids is 4. The van der Waals surface area contributed by atoms with Crippen molar-refractivity contribution in [2.45, 2.75) is 57.7 Å². The van der Waals surface area contributed by atoms with Gasteiger partial charge in [0.2, 0.25) is 0 Å². The molecule has 0 spiro atoms. The lowest BCUT2D eigenvalue weighted by Gasteiger charge is -2.36. The molecule has 0 unspecified atom stereocenters. The zero-order valence-corrected chi connectivity index (χ0v) is 15.4. The molecule has 2 aliphatic rings. The average Bonchev–Trinajstić information content (AvgIpc) is 2.96. The second kappa shape index (κ2) is 7.77. The van der Waals surface area contributed by atoms with Crippen LogP contribution in [0.4, 0.5) is 10.5 Å². The number of amides is 4. The average molecular weight is 373 g/mol. The second-order valence-electron chi connectivity index (χ2n) is 6.91. The maximum Gasteiger partial charge on any atom is 0.322 e. The number of carbonyl (C=O) groups is 4. The molecule has 8 heteroatoms. The van der Waals surface area contributed by atoms with Crippen molar-refractivity contribution in [3.8, 4) is 0 Å². The van der Waals surface area contributed by atoms with Crippen molar-refractivity contribution in [3.63, 3.8) is 0 Å². The van der Waals surface area contributed by atoms with Gasteiger partial charge < -0.3 is 15.0 Å². The number of esters is 1. The maximum absolute atomic E-state index is 12.9. The third-order valence-corrected chi connectivity index (χ3v) is 4.91. The normalized spacial score (nSPS) is 22.5. The summed E-state index contributed by atoms with van der Waals surface area (Å²) in [5, 5.41) is 4.53. The molecule has 2 heterocycles. The molecule has 0 aromatic heterocycles. The smallest absolute Gasteiger partial charge is 0.322 e. The fourth-order valence-electron chi connectivity index (χ4n) is 3.45. The molecule has 144 valence electrons. The number of anilines is 1. The summed E-state index contributed by atoms with van der Waals surface area (Å²) in [4.78, 5) is 49.2. The Hall–Kier alpha value is -2.90. The molecule has 0 radical (unpaired) electrons. The summed E-state index contributed by atoms with van der Waals surface area (Å²) in [5.41, 5.74) is 1.96. The molecule has 8 nitrogen and oxygen atoms in total. The van der Waals surface area contributed by atoms with E-state index in [1.807, 2.05) is 31.2 Å². The number of hydrogen-bond donors (Lipinski definition) is 2. The molecule has 0 aliphatic carbocycles. The Labute approximate surface area is 157 Å². The first-order valence-electron chi connectivity index (χ1n) is 9.08. The lowest BCUT2D eigenvalue weighted by molar-refractivity contribution is -0.154. The van der Waals surface area contributed by atoms with Crippen LogP contribution in [0.5, 0.6) is 0 Å². The predicted octanol–water partition coefficient (Wildman–Crippen LogP) is 1.27. The van der Waals surface area contributed by atoms with Gasteiger partial charge in [-0.3, -0.25) is 19.7 Å². The van der Waals surface area contributed by atoms with Gasteiger partial charge in [-0.1, -0.05) is 18.2 Å². The topological polar surface area (TPSA) is 105 Å². The molecular weight excluding hydrogens is 350 g/mol. The van der Waals surface area contributed by atoms with Crippen molar-refractivity contribution >= 4 is 29.5 Å². The van der Waals surface area contributed by atoms with E-state index in [0.29, 0.717) is 0 Å². The Morgan fingerprint density at radius 2 is 2.04 bits per heavy atom. The van der Waals surface area contributed by atoms with E-state index in [1.165, 1.54) is 0 Å². The Kier molecular flexibility index (Phi) is 5.43. The van der Waals surface area contributed by atoms with E-state index in [0.717, 1.165) is 24.1 Å². The highest BCUT2D eigenvalue weighted by molar-refractivity contribution is 6.04. The quantitative estimate of drug-likeness (QED) is 0.597. The van der Waals surface area contributed by atoms with Crippen LogP contribution < -0.4 is 15.5 Å². The van der Waals surface area contributed by atoms with E-state index >= 15 is 0 Å². The number of fused-ring (bicyclic) bond motifs is 1. The first-order chi connectivity index (χ1) is 12.9. The molecule has 4 amide bonds. The van der Waals surface area contributed by atoms with Gasteiger partial charge in [-0.2, -0.15) is 0 Å². The van der Waals surface area contributed by atoms with Crippen LogP contribution in [0.15, 0.2) is 24.3 Å². The van der Waals surface area contributed by atoms with Crippen LogP contribution in [0.25, 0.3) is 0 Å². The van der Waals surface area contributed by atoms with E-state index in [4.69, 9.17) is 4.74 Å². The fourth-order valence-corrected chi connectivity index (χ4v) is 3.45. The molecule has 27 heavy (non-hydrogen) atoms. The molecule has 1 aromatic rings. The van der Waals surface area contributed by atoms with Crippen molar-refractivity contribution in [3.05, 3.63) is 29.8 Å². The van der Waals surface area contributed by atoms with E-state index in [1.54, 1.807) is 11.8 Å². The number of ether oxygens (including phenoxy) is 1. The summed E-state index contributed by atoms with van der Waals surface area (Å²) in [6.45, 7) is 3.53. The Morgan fingerprint density at radius 1 is 1.30 bits per heavy atom. The summed E-state index contributed by atoms with van der Waals surface area (Å²) in [7, 11) is 0. The number of nitrogens with zero attached hydrogens (tertiary/aromatic N) is 1. The molecular formula is C19H23N3O5. The van der Waals surface area contributed by atoms with Crippen molar-refractivity contribution in [2.75, 3.05) is 4.90 Å². The zero-order chi connectivity index (χ0) is 19.6. The van der Waals surface area contributed by atoms with Gasteiger partial charge in [-0.15, -0.1) is 0 Å². The molecule has 0 saturated carbocycles. The Bertz CT molecular complexity index is 778. The molecule has 1 saturated heterocycles. The van der Waals surface area contributed by atoms with E-state index in [2.05, 4.69) is 10.6 Å². The number of imide groups is 1. The highest BCUT2D eigenvalue weighted by Gasteiger charge is 2.33. The van der Waals surface area contributed by atoms with Crippen LogP contribution in [-0.4, -0.2) is 42.0 Å². The molecule has 2 N–H and O–H groups in total. The minimum atomic E-state index is -0.932. The van der Waals surface area contributed by atoms with Gasteiger partial charge in [0, 0.05) is 18.2 Å². The molecule has 0 bridgehead atoms. The third-order valence-electron chi connectivity index (χ3n) is 4.91. The van der Waals surface area contributed by atoms with Gasteiger partial charge in [0.15, 0.2) is 6.10 Å². The zero-order valence-electron chi connectivity index (χ0n) is 15.4. The lowest BCUT2D eigenvalue weighted by Crippen LogP contribution is -2.47. The molecule has 3 rings (SSSR count). The molecule has 1 aromatic carbocycles. The van der Waals surface area contributed by atoms with E-state index in [-0.39, 0.29) is 24.8 Å². The van der Waals surface area contributed by atoms with Gasteiger partial charge in [-0.25, -0.2) is 4.79 Å². The van der Waals surface area contributed by atoms with Crippen molar-refractivity contribution in [1.29, 1.82) is 0 Å². The molecule has 1 fully saturated rings. The number of nitrogens with one attached hydrogen (secondary N) is 2. The van der Waals surface area contributed by atoms with E-state index in [9.17, 15) is 19.2 Å². The van der Waals surface area contributed by atoms with Crippen LogP contribution >= 0.6 is 0 Å². The largest absolute Gasteiger partial charge is 0.453 e. The fraction of sp³-hybridized carbons (Fsp3) is 0.474. The van der Waals surface area contributed by atoms with Gasteiger partial charge in [0.05, 0.1) is 0 Å². The van der Waals surface area contributed by atoms with Crippen LogP contribution in [0, 0.1) is 0 Å². The monoisotopic (exact) mass is 373 g/mol. The summed E-state index contributed by atoms with van der Waals surface area (Å²) < 4.78 is 5.28. The maximum atomic E-state index is 12.9. The highest BCUT2D eigenvalue weighted by Crippen LogP contribution is 2.31. The SMILES string of the molecule is C[C@H](OC(=O)CC[C@@H]1NC(=O)NC1=O)C(=O)N1c2ccccc2CC[C@H]1C. The molecule has 2 aliphatic heterocycles. The number of para-hydroxylation sites is 1. The van der Waals surface area contributed by atoms with Crippen LogP contribution in [0.2, 0.25) is 0 Å². The Balaban J connectivity index is 1.58. The number of rotatable bonds is 5.